The Hall–Kier alpha value is -0.540. The summed E-state index contributed by atoms with van der Waals surface area (Å²) < 4.78 is 0.928. The first kappa shape index (κ1) is 15.0. The van der Waals surface area contributed by atoms with Crippen LogP contribution in [0.1, 0.15) is 6.92 Å². The van der Waals surface area contributed by atoms with Crippen molar-refractivity contribution >= 4 is 5.91 Å². The van der Waals surface area contributed by atoms with Crippen LogP contribution in [0, 0.1) is 0 Å². The maximum absolute atomic E-state index is 10.7. The minimum atomic E-state index is -0.0916. The summed E-state index contributed by atoms with van der Waals surface area (Å²) in [6.07, 6.45) is 1.30. The number of nitrogens with one attached hydrogen (secondary N) is 1. The van der Waals surface area contributed by atoms with E-state index in [1.54, 1.807) is 0 Å². The predicted molar refractivity (Wildman–Crippen MR) is 50.7 cm³/mol. The molecule has 1 amide bonds. The summed E-state index contributed by atoms with van der Waals surface area (Å²) in [5.74, 6) is -0.0916. The third-order valence-corrected chi connectivity index (χ3v) is 2.06. The third kappa shape index (κ3) is 7.81. The molecule has 78 valence electrons. The van der Waals surface area contributed by atoms with E-state index in [1.165, 1.54) is 6.08 Å². The second-order valence-corrected chi connectivity index (χ2v) is 3.47. The minimum Gasteiger partial charge on any atom is -1.00 e. The van der Waals surface area contributed by atoms with E-state index in [0.717, 1.165) is 17.6 Å². The van der Waals surface area contributed by atoms with Crippen molar-refractivity contribution in [1.29, 1.82) is 0 Å². The van der Waals surface area contributed by atoms with Crippen molar-refractivity contribution in [2.45, 2.75) is 6.92 Å². The molecule has 0 fully saturated rings. The fourth-order valence-corrected chi connectivity index (χ4v) is 0.712. The van der Waals surface area contributed by atoms with E-state index < -0.39 is 0 Å². The molecule has 0 aromatic rings. The van der Waals surface area contributed by atoms with Gasteiger partial charge in [0.2, 0.25) is 5.91 Å². The number of amides is 1. The van der Waals surface area contributed by atoms with Gasteiger partial charge in [-0.15, -0.1) is 0 Å². The van der Waals surface area contributed by atoms with E-state index in [9.17, 15) is 4.79 Å². The zero-order valence-corrected chi connectivity index (χ0v) is 9.40. The quantitative estimate of drug-likeness (QED) is 0.388. The summed E-state index contributed by atoms with van der Waals surface area (Å²) in [4.78, 5) is 10.7. The molecule has 0 aliphatic heterocycles. The summed E-state index contributed by atoms with van der Waals surface area (Å²) in [6, 6.07) is 0. The third-order valence-electron chi connectivity index (χ3n) is 2.06. The van der Waals surface area contributed by atoms with E-state index in [1.807, 2.05) is 0 Å². The zero-order valence-electron chi connectivity index (χ0n) is 8.64. The Morgan fingerprint density at radius 3 is 2.46 bits per heavy atom. The first-order chi connectivity index (χ1) is 5.52. The molecule has 0 saturated heterocycles. The lowest BCUT2D eigenvalue weighted by Crippen LogP contribution is -3.00. The molecular weight excluding hydrogens is 188 g/mol. The summed E-state index contributed by atoms with van der Waals surface area (Å²) >= 11 is 0. The second kappa shape index (κ2) is 6.92. The number of nitrogens with zero attached hydrogens (tertiary/aromatic N) is 1. The van der Waals surface area contributed by atoms with Gasteiger partial charge in [-0.1, -0.05) is 6.58 Å². The van der Waals surface area contributed by atoms with Crippen LogP contribution in [-0.2, 0) is 4.79 Å². The molecular formula is C9H19ClN2O. The molecule has 0 heterocycles. The summed E-state index contributed by atoms with van der Waals surface area (Å²) in [5, 5.41) is 2.75. The maximum atomic E-state index is 10.7. The van der Waals surface area contributed by atoms with Gasteiger partial charge in [0.1, 0.15) is 0 Å². The van der Waals surface area contributed by atoms with Gasteiger partial charge in [-0.2, -0.15) is 0 Å². The predicted octanol–water partition coefficient (Wildman–Crippen LogP) is -2.61. The lowest BCUT2D eigenvalue weighted by Gasteiger charge is -2.27. The highest BCUT2D eigenvalue weighted by Crippen LogP contribution is 1.92. The summed E-state index contributed by atoms with van der Waals surface area (Å²) in [5.41, 5.74) is 0. The van der Waals surface area contributed by atoms with E-state index in [-0.39, 0.29) is 18.3 Å². The van der Waals surface area contributed by atoms with Gasteiger partial charge < -0.3 is 22.2 Å². The van der Waals surface area contributed by atoms with Gasteiger partial charge in [0.05, 0.1) is 33.7 Å². The van der Waals surface area contributed by atoms with Crippen molar-refractivity contribution in [2.75, 3.05) is 33.7 Å². The first-order valence-electron chi connectivity index (χ1n) is 4.24. The van der Waals surface area contributed by atoms with Crippen LogP contribution in [0.4, 0.5) is 0 Å². The molecule has 1 N–H and O–H groups in total. The lowest BCUT2D eigenvalue weighted by molar-refractivity contribution is -0.887. The van der Waals surface area contributed by atoms with Crippen molar-refractivity contribution in [3.05, 3.63) is 12.7 Å². The van der Waals surface area contributed by atoms with Gasteiger partial charge >= 0.3 is 0 Å². The summed E-state index contributed by atoms with van der Waals surface area (Å²) in [6.45, 7) is 8.25. The van der Waals surface area contributed by atoms with Gasteiger partial charge in [-0.3, -0.25) is 4.79 Å². The van der Waals surface area contributed by atoms with Crippen LogP contribution in [0.15, 0.2) is 12.7 Å². The minimum absolute atomic E-state index is 0. The van der Waals surface area contributed by atoms with Gasteiger partial charge in [-0.05, 0) is 13.0 Å². The molecule has 0 aliphatic rings. The van der Waals surface area contributed by atoms with Gasteiger partial charge in [0.15, 0.2) is 0 Å². The van der Waals surface area contributed by atoms with E-state index >= 15 is 0 Å². The maximum Gasteiger partial charge on any atom is 0.243 e. The molecule has 0 spiro atoms. The Labute approximate surface area is 86.8 Å². The number of rotatable bonds is 5. The van der Waals surface area contributed by atoms with Crippen molar-refractivity contribution in [1.82, 2.24) is 5.32 Å². The average Bonchev–Trinajstić information content (AvgIpc) is 2.04. The van der Waals surface area contributed by atoms with Crippen LogP contribution in [0.5, 0.6) is 0 Å². The lowest BCUT2D eigenvalue weighted by atomic mass is 10.4. The molecule has 0 atom stereocenters. The SMILES string of the molecule is C=CC(=O)NCC[N+](C)(C)CC.[Cl-]. The van der Waals surface area contributed by atoms with Crippen LogP contribution >= 0.6 is 0 Å². The van der Waals surface area contributed by atoms with Gasteiger partial charge in [-0.25, -0.2) is 0 Å². The molecule has 0 aromatic carbocycles. The number of hydrogen-bond acceptors (Lipinski definition) is 1. The van der Waals surface area contributed by atoms with Crippen molar-refractivity contribution in [3.63, 3.8) is 0 Å². The van der Waals surface area contributed by atoms with Crippen molar-refractivity contribution in [2.24, 2.45) is 0 Å². The van der Waals surface area contributed by atoms with Crippen LogP contribution in [-0.4, -0.2) is 44.1 Å². The molecule has 0 radical (unpaired) electrons. The van der Waals surface area contributed by atoms with Crippen LogP contribution in [0.3, 0.4) is 0 Å². The molecule has 0 unspecified atom stereocenters. The van der Waals surface area contributed by atoms with Gasteiger partial charge in [0, 0.05) is 0 Å². The largest absolute Gasteiger partial charge is 1.00 e. The highest BCUT2D eigenvalue weighted by molar-refractivity contribution is 5.86. The fourth-order valence-electron chi connectivity index (χ4n) is 0.712. The molecule has 0 aromatic heterocycles. The van der Waals surface area contributed by atoms with Crippen molar-refractivity contribution < 1.29 is 21.7 Å². The first-order valence-corrected chi connectivity index (χ1v) is 4.24. The zero-order chi connectivity index (χ0) is 9.61. The number of quaternary nitrogens is 1. The Bertz CT molecular complexity index is 169. The fraction of sp³-hybridized carbons (Fsp3) is 0.667. The smallest absolute Gasteiger partial charge is 0.243 e. The highest BCUT2D eigenvalue weighted by Gasteiger charge is 2.10. The molecule has 0 aliphatic carbocycles. The van der Waals surface area contributed by atoms with E-state index in [0.29, 0.717) is 6.54 Å². The number of likely N-dealkylation sites (N-methyl/N-ethyl adjacent to an activating group) is 1. The number of hydrogen-bond donors (Lipinski definition) is 1. The highest BCUT2D eigenvalue weighted by atomic mass is 35.5. The monoisotopic (exact) mass is 206 g/mol. The van der Waals surface area contributed by atoms with Crippen molar-refractivity contribution in [3.8, 4) is 0 Å². The summed E-state index contributed by atoms with van der Waals surface area (Å²) in [7, 11) is 4.28. The van der Waals surface area contributed by atoms with Crippen LogP contribution in [0.2, 0.25) is 0 Å². The number of carbonyl (C=O) groups is 1. The molecule has 4 heteroatoms. The molecule has 0 saturated carbocycles. The molecule has 0 rings (SSSR count). The van der Waals surface area contributed by atoms with E-state index in [4.69, 9.17) is 0 Å². The normalized spacial score (nSPS) is 10.1. The van der Waals surface area contributed by atoms with Crippen LogP contribution < -0.4 is 17.7 Å². The topological polar surface area (TPSA) is 29.1 Å². The Morgan fingerprint density at radius 2 is 2.08 bits per heavy atom. The molecule has 13 heavy (non-hydrogen) atoms. The molecule has 3 nitrogen and oxygen atoms in total. The van der Waals surface area contributed by atoms with E-state index in [2.05, 4.69) is 32.9 Å². The van der Waals surface area contributed by atoms with Gasteiger partial charge in [0.25, 0.3) is 0 Å². The Balaban J connectivity index is 0. The number of halogens is 1. The Kier molecular flexibility index (Phi) is 7.96. The average molecular weight is 207 g/mol. The number of carbonyl (C=O) groups excluding carboxylic acids is 1. The van der Waals surface area contributed by atoms with Crippen LogP contribution in [0.25, 0.3) is 0 Å². The Morgan fingerprint density at radius 1 is 1.54 bits per heavy atom. The molecule has 0 bridgehead atoms. The standard InChI is InChI=1S/C9H18N2O.ClH/c1-5-9(12)10-7-8-11(3,4)6-2;/h5H,1,6-8H2,2-4H3;1H. The second-order valence-electron chi connectivity index (χ2n) is 3.47.